The number of nitrogens with one attached hydrogen (secondary N) is 2. The molecule has 0 fully saturated rings. The number of rotatable bonds is 8. The van der Waals surface area contributed by atoms with Gasteiger partial charge in [-0.05, 0) is 35.7 Å². The molecule has 1 atom stereocenters. The fraction of sp³-hybridized carbons (Fsp3) is 0.300. The topological polar surface area (TPSA) is 93.5 Å². The van der Waals surface area contributed by atoms with Crippen LogP contribution in [0.25, 0.3) is 0 Å². The van der Waals surface area contributed by atoms with Crippen LogP contribution in [0.4, 0.5) is 5.69 Å². The van der Waals surface area contributed by atoms with E-state index in [1.54, 1.807) is 24.3 Å². The highest BCUT2D eigenvalue weighted by Gasteiger charge is 2.18. The fourth-order valence-corrected chi connectivity index (χ4v) is 2.48. The van der Waals surface area contributed by atoms with Crippen LogP contribution in [0.15, 0.2) is 48.5 Å². The third-order valence-corrected chi connectivity index (χ3v) is 4.12. The molecular formula is C20H24ClN3O3. The van der Waals surface area contributed by atoms with Gasteiger partial charge in [0.2, 0.25) is 11.8 Å². The predicted molar refractivity (Wildman–Crippen MR) is 107 cm³/mol. The van der Waals surface area contributed by atoms with E-state index in [4.69, 9.17) is 22.1 Å². The molecule has 0 saturated carbocycles. The van der Waals surface area contributed by atoms with E-state index in [2.05, 4.69) is 10.6 Å². The van der Waals surface area contributed by atoms with Gasteiger partial charge in [-0.1, -0.05) is 49.7 Å². The van der Waals surface area contributed by atoms with E-state index in [0.29, 0.717) is 23.1 Å². The van der Waals surface area contributed by atoms with Crippen molar-refractivity contribution in [2.75, 3.05) is 11.9 Å². The molecule has 0 heterocycles. The van der Waals surface area contributed by atoms with Crippen LogP contribution in [-0.2, 0) is 16.2 Å². The quantitative estimate of drug-likeness (QED) is 0.647. The second kappa shape index (κ2) is 9.94. The number of para-hydroxylation sites is 2. The monoisotopic (exact) mass is 389 g/mol. The van der Waals surface area contributed by atoms with Gasteiger partial charge in [0.05, 0.1) is 18.3 Å². The number of halogens is 1. The molecule has 0 radical (unpaired) electrons. The van der Waals surface area contributed by atoms with Gasteiger partial charge in [-0.25, -0.2) is 0 Å². The average Bonchev–Trinajstić information content (AvgIpc) is 2.64. The molecule has 0 unspecified atom stereocenters. The summed E-state index contributed by atoms with van der Waals surface area (Å²) in [4.78, 5) is 24.0. The van der Waals surface area contributed by atoms with Gasteiger partial charge in [-0.3, -0.25) is 9.59 Å². The van der Waals surface area contributed by atoms with Crippen LogP contribution < -0.4 is 21.1 Å². The molecule has 0 spiro atoms. The number of carbonyl (C=O) groups excluding carboxylic acids is 2. The highest BCUT2D eigenvalue weighted by Crippen LogP contribution is 2.25. The predicted octanol–water partition coefficient (Wildman–Crippen LogP) is 2.96. The SMILES string of the molecule is CC(C)[C@H](N)C(=O)NCC(=O)Nc1ccccc1OCc1cccc(Cl)c1. The van der Waals surface area contributed by atoms with Gasteiger partial charge in [0.25, 0.3) is 0 Å². The van der Waals surface area contributed by atoms with Crippen molar-refractivity contribution in [1.82, 2.24) is 5.32 Å². The van der Waals surface area contributed by atoms with E-state index in [9.17, 15) is 9.59 Å². The Hall–Kier alpha value is -2.57. The van der Waals surface area contributed by atoms with E-state index in [1.165, 1.54) is 0 Å². The van der Waals surface area contributed by atoms with E-state index in [0.717, 1.165) is 5.56 Å². The number of amides is 2. The van der Waals surface area contributed by atoms with E-state index >= 15 is 0 Å². The molecule has 0 aliphatic heterocycles. The van der Waals surface area contributed by atoms with Crippen molar-refractivity contribution in [2.24, 2.45) is 11.7 Å². The summed E-state index contributed by atoms with van der Waals surface area (Å²) in [5.74, 6) is -0.200. The summed E-state index contributed by atoms with van der Waals surface area (Å²) < 4.78 is 5.79. The summed E-state index contributed by atoms with van der Waals surface area (Å²) in [6.07, 6.45) is 0. The Kier molecular flexibility index (Phi) is 7.64. The molecular weight excluding hydrogens is 366 g/mol. The first-order valence-electron chi connectivity index (χ1n) is 8.66. The normalized spacial score (nSPS) is 11.7. The van der Waals surface area contributed by atoms with Gasteiger partial charge in [-0.15, -0.1) is 0 Å². The number of ether oxygens (including phenoxy) is 1. The molecule has 2 aromatic carbocycles. The van der Waals surface area contributed by atoms with Gasteiger partial charge in [0.15, 0.2) is 0 Å². The molecule has 27 heavy (non-hydrogen) atoms. The Morgan fingerprint density at radius 3 is 2.59 bits per heavy atom. The van der Waals surface area contributed by atoms with Crippen LogP contribution in [-0.4, -0.2) is 24.4 Å². The van der Waals surface area contributed by atoms with Crippen LogP contribution in [0, 0.1) is 5.92 Å². The molecule has 6 nitrogen and oxygen atoms in total. The number of nitrogens with two attached hydrogens (primary N) is 1. The van der Waals surface area contributed by atoms with E-state index in [1.807, 2.05) is 38.1 Å². The average molecular weight is 390 g/mol. The minimum atomic E-state index is -0.647. The maximum atomic E-state index is 12.1. The molecule has 0 bridgehead atoms. The third-order valence-electron chi connectivity index (χ3n) is 3.89. The van der Waals surface area contributed by atoms with Crippen molar-refractivity contribution in [3.63, 3.8) is 0 Å². The lowest BCUT2D eigenvalue weighted by Crippen LogP contribution is -2.46. The molecule has 2 rings (SSSR count). The summed E-state index contributed by atoms with van der Waals surface area (Å²) >= 11 is 5.97. The van der Waals surface area contributed by atoms with Crippen LogP contribution in [0.5, 0.6) is 5.75 Å². The number of benzene rings is 2. The lowest BCUT2D eigenvalue weighted by molar-refractivity contribution is -0.125. The molecule has 144 valence electrons. The zero-order valence-corrected chi connectivity index (χ0v) is 16.1. The first-order chi connectivity index (χ1) is 12.9. The summed E-state index contributed by atoms with van der Waals surface area (Å²) in [5.41, 5.74) is 7.19. The number of carbonyl (C=O) groups is 2. The molecule has 4 N–H and O–H groups in total. The van der Waals surface area contributed by atoms with Crippen molar-refractivity contribution < 1.29 is 14.3 Å². The lowest BCUT2D eigenvalue weighted by atomic mass is 10.1. The molecule has 2 aromatic rings. The van der Waals surface area contributed by atoms with Gasteiger partial charge in [-0.2, -0.15) is 0 Å². The molecule has 2 amide bonds. The maximum absolute atomic E-state index is 12.1. The van der Waals surface area contributed by atoms with Crippen LogP contribution in [0.3, 0.4) is 0 Å². The molecule has 0 aliphatic carbocycles. The maximum Gasteiger partial charge on any atom is 0.243 e. The molecule has 0 saturated heterocycles. The second-order valence-electron chi connectivity index (χ2n) is 6.45. The van der Waals surface area contributed by atoms with Crippen LogP contribution in [0.1, 0.15) is 19.4 Å². The molecule has 7 heteroatoms. The standard InChI is InChI=1S/C20H24ClN3O3/c1-13(2)19(22)20(26)23-11-18(25)24-16-8-3-4-9-17(16)27-12-14-6-5-7-15(21)10-14/h3-10,13,19H,11-12,22H2,1-2H3,(H,23,26)(H,24,25)/t19-/m0/s1. The second-order valence-corrected chi connectivity index (χ2v) is 6.89. The van der Waals surface area contributed by atoms with Crippen LogP contribution in [0.2, 0.25) is 5.02 Å². The number of hydrogen-bond donors (Lipinski definition) is 3. The Bertz CT molecular complexity index is 796. The zero-order chi connectivity index (χ0) is 19.8. The van der Waals surface area contributed by atoms with Crippen molar-refractivity contribution in [3.05, 3.63) is 59.1 Å². The molecule has 0 aliphatic rings. The van der Waals surface area contributed by atoms with E-state index in [-0.39, 0.29) is 24.3 Å². The highest BCUT2D eigenvalue weighted by atomic mass is 35.5. The zero-order valence-electron chi connectivity index (χ0n) is 15.4. The minimum absolute atomic E-state index is 0.00585. The van der Waals surface area contributed by atoms with Gasteiger partial charge >= 0.3 is 0 Å². The molecule has 0 aromatic heterocycles. The van der Waals surface area contributed by atoms with E-state index < -0.39 is 6.04 Å². The Labute approximate surface area is 164 Å². The lowest BCUT2D eigenvalue weighted by Gasteiger charge is -2.16. The minimum Gasteiger partial charge on any atom is -0.487 e. The van der Waals surface area contributed by atoms with Crippen molar-refractivity contribution >= 4 is 29.1 Å². The van der Waals surface area contributed by atoms with Gasteiger partial charge in [0, 0.05) is 5.02 Å². The van der Waals surface area contributed by atoms with Crippen LogP contribution >= 0.6 is 11.6 Å². The summed E-state index contributed by atoms with van der Waals surface area (Å²) in [6.45, 7) is 3.84. The summed E-state index contributed by atoms with van der Waals surface area (Å²) in [6, 6.07) is 13.8. The van der Waals surface area contributed by atoms with Crippen molar-refractivity contribution in [3.8, 4) is 5.75 Å². The Morgan fingerprint density at radius 1 is 1.15 bits per heavy atom. The first-order valence-corrected chi connectivity index (χ1v) is 9.04. The number of anilines is 1. The van der Waals surface area contributed by atoms with Crippen molar-refractivity contribution in [2.45, 2.75) is 26.5 Å². The largest absolute Gasteiger partial charge is 0.487 e. The van der Waals surface area contributed by atoms with Crippen molar-refractivity contribution in [1.29, 1.82) is 0 Å². The Morgan fingerprint density at radius 2 is 1.89 bits per heavy atom. The van der Waals surface area contributed by atoms with Gasteiger partial charge in [0.1, 0.15) is 12.4 Å². The highest BCUT2D eigenvalue weighted by molar-refractivity contribution is 6.30. The summed E-state index contributed by atoms with van der Waals surface area (Å²) in [7, 11) is 0. The number of hydrogen-bond acceptors (Lipinski definition) is 4. The third kappa shape index (κ3) is 6.58. The first kappa shape index (κ1) is 20.7. The smallest absolute Gasteiger partial charge is 0.243 e. The van der Waals surface area contributed by atoms with Gasteiger partial charge < -0.3 is 21.1 Å². The Balaban J connectivity index is 1.92. The fourth-order valence-electron chi connectivity index (χ4n) is 2.27. The summed E-state index contributed by atoms with van der Waals surface area (Å²) in [5, 5.41) is 5.90.